The zero-order valence-electron chi connectivity index (χ0n) is 11.5. The van der Waals surface area contributed by atoms with Gasteiger partial charge in [0.05, 0.1) is 15.7 Å². The molecule has 0 saturated heterocycles. The predicted octanol–water partition coefficient (Wildman–Crippen LogP) is 2.83. The summed E-state index contributed by atoms with van der Waals surface area (Å²) in [6.45, 7) is 5.53. The molecule has 3 rings (SSSR count). The van der Waals surface area contributed by atoms with Gasteiger partial charge in [0.1, 0.15) is 10.6 Å². The van der Waals surface area contributed by atoms with Gasteiger partial charge in [-0.2, -0.15) is 0 Å². The Morgan fingerprint density at radius 1 is 1.19 bits per heavy atom. The molecule has 0 aromatic carbocycles. The summed E-state index contributed by atoms with van der Waals surface area (Å²) in [5, 5.41) is 13.8. The lowest BCUT2D eigenvalue weighted by molar-refractivity contribution is 0.102. The number of nitrogens with zero attached hydrogens (tertiary/aromatic N) is 4. The second kappa shape index (κ2) is 5.34. The Morgan fingerprint density at radius 2 is 2.00 bits per heavy atom. The van der Waals surface area contributed by atoms with Crippen LogP contribution in [0.1, 0.15) is 25.4 Å². The van der Waals surface area contributed by atoms with E-state index in [-0.39, 0.29) is 17.8 Å². The molecule has 1 amide bonds. The number of aryl methyl sites for hydroxylation is 3. The van der Waals surface area contributed by atoms with Crippen molar-refractivity contribution in [1.29, 1.82) is 0 Å². The lowest BCUT2D eigenvalue weighted by Crippen LogP contribution is -2.11. The molecular weight excluding hydrogens is 310 g/mol. The van der Waals surface area contributed by atoms with E-state index in [0.717, 1.165) is 10.0 Å². The van der Waals surface area contributed by atoms with Crippen molar-refractivity contribution in [2.24, 2.45) is 0 Å². The van der Waals surface area contributed by atoms with E-state index in [4.69, 9.17) is 4.42 Å². The number of thiazole rings is 2. The van der Waals surface area contributed by atoms with Crippen molar-refractivity contribution in [2.75, 3.05) is 5.32 Å². The van der Waals surface area contributed by atoms with Crippen LogP contribution in [0, 0.1) is 20.8 Å². The van der Waals surface area contributed by atoms with E-state index in [1.54, 1.807) is 6.92 Å². The molecule has 0 unspecified atom stereocenters. The molecule has 21 heavy (non-hydrogen) atoms. The fraction of sp³-hybridized carbons (Fsp3) is 0.250. The molecule has 1 N–H and O–H groups in total. The van der Waals surface area contributed by atoms with Crippen molar-refractivity contribution >= 4 is 34.6 Å². The molecule has 9 heteroatoms. The fourth-order valence-corrected chi connectivity index (χ4v) is 3.14. The molecule has 0 aliphatic heterocycles. The first-order chi connectivity index (χ1) is 10.0. The Morgan fingerprint density at radius 3 is 2.62 bits per heavy atom. The Hall–Kier alpha value is -2.13. The van der Waals surface area contributed by atoms with Crippen LogP contribution in [0.4, 0.5) is 6.01 Å². The van der Waals surface area contributed by atoms with Gasteiger partial charge in [0.2, 0.25) is 0 Å². The summed E-state index contributed by atoms with van der Waals surface area (Å²) in [7, 11) is 0. The first-order valence-corrected chi connectivity index (χ1v) is 7.74. The van der Waals surface area contributed by atoms with E-state index in [9.17, 15) is 4.79 Å². The molecule has 0 aliphatic rings. The molecule has 3 heterocycles. The Kier molecular flexibility index (Phi) is 3.52. The number of amides is 1. The number of aromatic nitrogens is 4. The standard InChI is InChI=1S/C12H11N5O2S2/c1-5-9(21-7(3)13-5)10(18)15-12-17-16-11(19-12)8-4-20-6(2)14-8/h4H,1-3H3,(H,15,17,18). The number of carbonyl (C=O) groups is 1. The first-order valence-electron chi connectivity index (χ1n) is 6.04. The molecule has 0 atom stereocenters. The summed E-state index contributed by atoms with van der Waals surface area (Å²) < 4.78 is 5.40. The minimum absolute atomic E-state index is 0.0473. The monoisotopic (exact) mass is 321 g/mol. The Balaban J connectivity index is 1.78. The van der Waals surface area contributed by atoms with Gasteiger partial charge < -0.3 is 4.42 Å². The molecule has 3 aromatic heterocycles. The maximum Gasteiger partial charge on any atom is 0.322 e. The van der Waals surface area contributed by atoms with Gasteiger partial charge in [-0.3, -0.25) is 10.1 Å². The van der Waals surface area contributed by atoms with Crippen molar-refractivity contribution in [3.8, 4) is 11.6 Å². The normalized spacial score (nSPS) is 10.8. The predicted molar refractivity (Wildman–Crippen MR) is 79.7 cm³/mol. The zero-order chi connectivity index (χ0) is 15.0. The van der Waals surface area contributed by atoms with E-state index in [2.05, 4.69) is 25.5 Å². The molecule has 0 radical (unpaired) electrons. The van der Waals surface area contributed by atoms with Crippen LogP contribution in [-0.4, -0.2) is 26.1 Å². The minimum Gasteiger partial charge on any atom is -0.401 e. The Labute approximate surface area is 128 Å². The topological polar surface area (TPSA) is 93.8 Å². The highest BCUT2D eigenvalue weighted by Crippen LogP contribution is 2.23. The van der Waals surface area contributed by atoms with Crippen LogP contribution < -0.4 is 5.32 Å². The largest absolute Gasteiger partial charge is 0.401 e. The second-order valence-electron chi connectivity index (χ2n) is 4.27. The summed E-state index contributed by atoms with van der Waals surface area (Å²) in [4.78, 5) is 21.1. The SMILES string of the molecule is Cc1nc(-c2nnc(NC(=O)c3sc(C)nc3C)o2)cs1. The third kappa shape index (κ3) is 2.83. The van der Waals surface area contributed by atoms with Crippen molar-refractivity contribution in [3.63, 3.8) is 0 Å². The smallest absolute Gasteiger partial charge is 0.322 e. The van der Waals surface area contributed by atoms with Crippen LogP contribution in [0.15, 0.2) is 9.80 Å². The van der Waals surface area contributed by atoms with Gasteiger partial charge in [-0.15, -0.1) is 27.8 Å². The van der Waals surface area contributed by atoms with Gasteiger partial charge in [-0.25, -0.2) is 9.97 Å². The average molecular weight is 321 g/mol. The van der Waals surface area contributed by atoms with Crippen LogP contribution >= 0.6 is 22.7 Å². The first kappa shape index (κ1) is 13.8. The van der Waals surface area contributed by atoms with Crippen molar-refractivity contribution in [1.82, 2.24) is 20.2 Å². The van der Waals surface area contributed by atoms with Crippen molar-refractivity contribution < 1.29 is 9.21 Å². The highest BCUT2D eigenvalue weighted by molar-refractivity contribution is 7.13. The fourth-order valence-electron chi connectivity index (χ4n) is 1.73. The number of carbonyl (C=O) groups excluding carboxylic acids is 1. The maximum atomic E-state index is 12.1. The van der Waals surface area contributed by atoms with Gasteiger partial charge >= 0.3 is 6.01 Å². The lowest BCUT2D eigenvalue weighted by Gasteiger charge is -1.97. The van der Waals surface area contributed by atoms with Crippen LogP contribution in [0.3, 0.4) is 0 Å². The molecule has 0 saturated carbocycles. The summed E-state index contributed by atoms with van der Waals surface area (Å²) in [6.07, 6.45) is 0. The van der Waals surface area contributed by atoms with Crippen molar-refractivity contribution in [3.05, 3.63) is 26.0 Å². The average Bonchev–Trinajstić information content (AvgIpc) is 3.10. The molecule has 0 spiro atoms. The van der Waals surface area contributed by atoms with Crippen molar-refractivity contribution in [2.45, 2.75) is 20.8 Å². The quantitative estimate of drug-likeness (QED) is 0.797. The summed E-state index contributed by atoms with van der Waals surface area (Å²) in [5.74, 6) is -0.0189. The third-order valence-electron chi connectivity index (χ3n) is 2.59. The van der Waals surface area contributed by atoms with Gasteiger partial charge in [0.25, 0.3) is 11.8 Å². The molecule has 3 aromatic rings. The van der Waals surface area contributed by atoms with Crippen LogP contribution in [-0.2, 0) is 0 Å². The number of hydrogen-bond acceptors (Lipinski definition) is 8. The number of nitrogens with one attached hydrogen (secondary N) is 1. The van der Waals surface area contributed by atoms with Crippen LogP contribution in [0.25, 0.3) is 11.6 Å². The molecule has 0 bridgehead atoms. The minimum atomic E-state index is -0.303. The number of anilines is 1. The Bertz CT molecular complexity index is 804. The highest BCUT2D eigenvalue weighted by Gasteiger charge is 2.18. The summed E-state index contributed by atoms with van der Waals surface area (Å²) in [6, 6.07) is 0.0473. The summed E-state index contributed by atoms with van der Waals surface area (Å²) >= 11 is 2.82. The van der Waals surface area contributed by atoms with E-state index in [1.165, 1.54) is 22.7 Å². The maximum absolute atomic E-state index is 12.1. The van der Waals surface area contributed by atoms with Crippen LogP contribution in [0.5, 0.6) is 0 Å². The number of rotatable bonds is 3. The zero-order valence-corrected chi connectivity index (χ0v) is 13.1. The molecule has 0 fully saturated rings. The molecular formula is C12H11N5O2S2. The lowest BCUT2D eigenvalue weighted by atomic mass is 10.4. The van der Waals surface area contributed by atoms with Gasteiger partial charge in [-0.1, -0.05) is 5.10 Å². The second-order valence-corrected chi connectivity index (χ2v) is 6.53. The summed E-state index contributed by atoms with van der Waals surface area (Å²) in [5.41, 5.74) is 1.29. The number of hydrogen-bond donors (Lipinski definition) is 1. The molecule has 0 aliphatic carbocycles. The van der Waals surface area contributed by atoms with E-state index >= 15 is 0 Å². The van der Waals surface area contributed by atoms with E-state index in [1.807, 2.05) is 19.2 Å². The highest BCUT2D eigenvalue weighted by atomic mass is 32.1. The van der Waals surface area contributed by atoms with E-state index in [0.29, 0.717) is 16.3 Å². The third-order valence-corrected chi connectivity index (χ3v) is 4.44. The molecule has 108 valence electrons. The van der Waals surface area contributed by atoms with E-state index < -0.39 is 0 Å². The van der Waals surface area contributed by atoms with Gasteiger partial charge in [0, 0.05) is 5.38 Å². The van der Waals surface area contributed by atoms with Crippen LogP contribution in [0.2, 0.25) is 0 Å². The molecule has 7 nitrogen and oxygen atoms in total. The van der Waals surface area contributed by atoms with Gasteiger partial charge in [0.15, 0.2) is 0 Å². The van der Waals surface area contributed by atoms with Gasteiger partial charge in [-0.05, 0) is 20.8 Å².